The van der Waals surface area contributed by atoms with Crippen molar-refractivity contribution in [3.63, 3.8) is 0 Å². The van der Waals surface area contributed by atoms with Crippen molar-refractivity contribution in [1.82, 2.24) is 15.2 Å². The summed E-state index contributed by atoms with van der Waals surface area (Å²) < 4.78 is 5.87. The Labute approximate surface area is 141 Å². The third kappa shape index (κ3) is 3.96. The van der Waals surface area contributed by atoms with Gasteiger partial charge in [0.2, 0.25) is 11.8 Å². The Hall–Kier alpha value is -2.31. The highest BCUT2D eigenvalue weighted by Gasteiger charge is 2.25. The molecule has 1 aromatic rings. The summed E-state index contributed by atoms with van der Waals surface area (Å²) in [6, 6.07) is 3.55. The van der Waals surface area contributed by atoms with E-state index in [1.165, 1.54) is 0 Å². The van der Waals surface area contributed by atoms with Gasteiger partial charge in [-0.15, -0.1) is 0 Å². The molecular weight excluding hydrogens is 308 g/mol. The van der Waals surface area contributed by atoms with Crippen molar-refractivity contribution in [3.8, 4) is 5.88 Å². The molecule has 2 N–H and O–H groups in total. The molecule has 1 aromatic heterocycles. The summed E-state index contributed by atoms with van der Waals surface area (Å²) in [5.41, 5.74) is 0.702. The minimum absolute atomic E-state index is 0.0434. The minimum atomic E-state index is -0.0434. The van der Waals surface area contributed by atoms with Crippen molar-refractivity contribution in [1.29, 1.82) is 0 Å². The monoisotopic (exact) mass is 332 g/mol. The van der Waals surface area contributed by atoms with E-state index < -0.39 is 0 Å². The predicted molar refractivity (Wildman–Crippen MR) is 89.9 cm³/mol. The van der Waals surface area contributed by atoms with Gasteiger partial charge in [0, 0.05) is 45.0 Å². The number of likely N-dealkylation sites (tertiary alicyclic amines) is 1. The first-order valence-corrected chi connectivity index (χ1v) is 8.56. The molecule has 0 aromatic carbocycles. The molecule has 3 amide bonds. The van der Waals surface area contributed by atoms with Crippen LogP contribution < -0.4 is 15.4 Å². The van der Waals surface area contributed by atoms with Crippen LogP contribution in [-0.4, -0.2) is 48.1 Å². The van der Waals surface area contributed by atoms with Crippen molar-refractivity contribution >= 4 is 17.6 Å². The van der Waals surface area contributed by atoms with Crippen molar-refractivity contribution in [2.75, 3.05) is 25.5 Å². The van der Waals surface area contributed by atoms with Crippen LogP contribution in [0.5, 0.6) is 5.88 Å². The van der Waals surface area contributed by atoms with Crippen molar-refractivity contribution in [3.05, 3.63) is 18.3 Å². The molecule has 3 rings (SSSR count). The molecule has 1 aliphatic carbocycles. The van der Waals surface area contributed by atoms with Crippen molar-refractivity contribution in [2.24, 2.45) is 5.92 Å². The number of urea groups is 1. The lowest BCUT2D eigenvalue weighted by atomic mass is 9.85. The minimum Gasteiger partial charge on any atom is -0.474 e. The molecule has 24 heavy (non-hydrogen) atoms. The van der Waals surface area contributed by atoms with Gasteiger partial charge in [0.1, 0.15) is 6.10 Å². The number of carbonyl (C=O) groups excluding carboxylic acids is 2. The molecule has 2 fully saturated rings. The Kier molecular flexibility index (Phi) is 5.17. The summed E-state index contributed by atoms with van der Waals surface area (Å²) >= 11 is 0. The number of hydrogen-bond donors (Lipinski definition) is 2. The van der Waals surface area contributed by atoms with Crippen LogP contribution in [0, 0.1) is 5.92 Å². The molecule has 1 saturated heterocycles. The topological polar surface area (TPSA) is 83.6 Å². The fourth-order valence-corrected chi connectivity index (χ4v) is 2.94. The molecule has 130 valence electrons. The summed E-state index contributed by atoms with van der Waals surface area (Å²) in [4.78, 5) is 29.5. The van der Waals surface area contributed by atoms with Crippen LogP contribution in [-0.2, 0) is 4.79 Å². The number of ether oxygens (including phenoxy) is 1. The molecule has 0 atom stereocenters. The number of aromatic nitrogens is 1. The van der Waals surface area contributed by atoms with E-state index in [0.717, 1.165) is 32.1 Å². The fourth-order valence-electron chi connectivity index (χ4n) is 2.94. The maximum Gasteiger partial charge on any atom is 0.317 e. The van der Waals surface area contributed by atoms with E-state index in [9.17, 15) is 9.59 Å². The lowest BCUT2D eigenvalue weighted by Crippen LogP contribution is -2.45. The van der Waals surface area contributed by atoms with Gasteiger partial charge in [0.15, 0.2) is 0 Å². The number of amides is 3. The third-order valence-corrected chi connectivity index (χ3v) is 4.71. The highest BCUT2D eigenvalue weighted by molar-refractivity contribution is 5.92. The van der Waals surface area contributed by atoms with Gasteiger partial charge in [-0.3, -0.25) is 4.79 Å². The summed E-state index contributed by atoms with van der Waals surface area (Å²) in [6.07, 6.45) is 6.37. The first kappa shape index (κ1) is 16.5. The van der Waals surface area contributed by atoms with E-state index in [1.54, 1.807) is 24.2 Å². The zero-order valence-corrected chi connectivity index (χ0v) is 14.0. The summed E-state index contributed by atoms with van der Waals surface area (Å²) in [5, 5.41) is 5.53. The maximum absolute atomic E-state index is 11.9. The van der Waals surface area contributed by atoms with Gasteiger partial charge in [0.25, 0.3) is 0 Å². The highest BCUT2D eigenvalue weighted by Crippen LogP contribution is 2.27. The molecule has 2 aliphatic rings. The summed E-state index contributed by atoms with van der Waals surface area (Å²) in [7, 11) is 1.64. The molecular formula is C17H24N4O3. The zero-order chi connectivity index (χ0) is 16.9. The lowest BCUT2D eigenvalue weighted by molar-refractivity contribution is -0.122. The highest BCUT2D eigenvalue weighted by atomic mass is 16.5. The Morgan fingerprint density at radius 2 is 1.96 bits per heavy atom. The van der Waals surface area contributed by atoms with Crippen molar-refractivity contribution < 1.29 is 14.3 Å². The number of pyridine rings is 1. The van der Waals surface area contributed by atoms with Crippen LogP contribution in [0.2, 0.25) is 0 Å². The second-order valence-electron chi connectivity index (χ2n) is 6.36. The second kappa shape index (κ2) is 7.51. The molecule has 2 heterocycles. The average Bonchev–Trinajstić information content (AvgIpc) is 2.55. The first-order valence-electron chi connectivity index (χ1n) is 8.56. The van der Waals surface area contributed by atoms with Crippen LogP contribution in [0.3, 0.4) is 0 Å². The van der Waals surface area contributed by atoms with Crippen LogP contribution in [0.15, 0.2) is 18.3 Å². The number of nitrogens with zero attached hydrogens (tertiary/aromatic N) is 2. The zero-order valence-electron chi connectivity index (χ0n) is 14.0. The van der Waals surface area contributed by atoms with E-state index in [-0.39, 0.29) is 24.0 Å². The van der Waals surface area contributed by atoms with Crippen molar-refractivity contribution in [2.45, 2.75) is 38.2 Å². The van der Waals surface area contributed by atoms with Gasteiger partial charge in [-0.1, -0.05) is 6.42 Å². The van der Waals surface area contributed by atoms with Crippen LogP contribution in [0.25, 0.3) is 0 Å². The van der Waals surface area contributed by atoms with E-state index in [1.807, 2.05) is 6.07 Å². The fraction of sp³-hybridized carbons (Fsp3) is 0.588. The maximum atomic E-state index is 11.9. The van der Waals surface area contributed by atoms with Crippen LogP contribution >= 0.6 is 0 Å². The van der Waals surface area contributed by atoms with Gasteiger partial charge in [-0.05, 0) is 18.9 Å². The molecule has 1 saturated carbocycles. The predicted octanol–water partition coefficient (Wildman–Crippen LogP) is 2.00. The normalized spacial score (nSPS) is 18.6. The number of nitrogens with one attached hydrogen (secondary N) is 2. The van der Waals surface area contributed by atoms with E-state index in [0.29, 0.717) is 24.7 Å². The average molecular weight is 332 g/mol. The van der Waals surface area contributed by atoms with E-state index in [2.05, 4.69) is 15.6 Å². The molecule has 0 bridgehead atoms. The van der Waals surface area contributed by atoms with Gasteiger partial charge in [-0.25, -0.2) is 9.78 Å². The smallest absolute Gasteiger partial charge is 0.317 e. The van der Waals surface area contributed by atoms with Gasteiger partial charge >= 0.3 is 6.03 Å². The SMILES string of the molecule is CNC(=O)N1CCC(Oc2ccc(NC(=O)C3CCC3)cn2)CC1. The van der Waals surface area contributed by atoms with Gasteiger partial charge in [0.05, 0.1) is 11.9 Å². The van der Waals surface area contributed by atoms with Crippen LogP contribution in [0.1, 0.15) is 32.1 Å². The molecule has 1 aliphatic heterocycles. The standard InChI is InChI=1S/C17H24N4O3/c1-18-17(23)21-9-7-14(8-10-21)24-15-6-5-13(11-19-15)20-16(22)12-3-2-4-12/h5-6,11-12,14H,2-4,7-10H2,1H3,(H,18,23)(H,20,22). The summed E-state index contributed by atoms with van der Waals surface area (Å²) in [5.74, 6) is 0.791. The van der Waals surface area contributed by atoms with Gasteiger partial charge < -0.3 is 20.3 Å². The van der Waals surface area contributed by atoms with Crippen LogP contribution in [0.4, 0.5) is 10.5 Å². The second-order valence-corrected chi connectivity index (χ2v) is 6.36. The van der Waals surface area contributed by atoms with E-state index in [4.69, 9.17) is 4.74 Å². The Bertz CT molecular complexity index is 578. The first-order chi connectivity index (χ1) is 11.7. The largest absolute Gasteiger partial charge is 0.474 e. The van der Waals surface area contributed by atoms with E-state index >= 15 is 0 Å². The number of hydrogen-bond acceptors (Lipinski definition) is 4. The molecule has 7 nitrogen and oxygen atoms in total. The number of anilines is 1. The lowest BCUT2D eigenvalue weighted by Gasteiger charge is -2.31. The molecule has 7 heteroatoms. The Morgan fingerprint density at radius 3 is 2.50 bits per heavy atom. The third-order valence-electron chi connectivity index (χ3n) is 4.71. The summed E-state index contributed by atoms with van der Waals surface area (Å²) in [6.45, 7) is 1.36. The molecule has 0 spiro atoms. The Morgan fingerprint density at radius 1 is 1.21 bits per heavy atom. The Balaban J connectivity index is 1.46. The molecule has 0 unspecified atom stereocenters. The number of rotatable bonds is 4. The quantitative estimate of drug-likeness (QED) is 0.883. The van der Waals surface area contributed by atoms with Gasteiger partial charge in [-0.2, -0.15) is 0 Å². The number of piperidine rings is 1. The molecule has 0 radical (unpaired) electrons. The number of carbonyl (C=O) groups is 2.